The second kappa shape index (κ2) is 12.6. The Morgan fingerprint density at radius 1 is 1.14 bits per heavy atom. The summed E-state index contributed by atoms with van der Waals surface area (Å²) in [4.78, 5) is 28.6. The topological polar surface area (TPSA) is 80.3 Å². The van der Waals surface area contributed by atoms with E-state index >= 15 is 0 Å². The van der Waals surface area contributed by atoms with Gasteiger partial charge in [-0.3, -0.25) is 9.59 Å². The first-order valence-corrected chi connectivity index (χ1v) is 12.6. The number of allylic oxidation sites excluding steroid dienone is 4. The fraction of sp³-hybridized carbons (Fsp3) is 0.429. The van der Waals surface area contributed by atoms with Gasteiger partial charge in [0.2, 0.25) is 5.91 Å². The summed E-state index contributed by atoms with van der Waals surface area (Å²) in [5, 5.41) is 3.16. The minimum Gasteiger partial charge on any atom is -0.493 e. The van der Waals surface area contributed by atoms with Crippen LogP contribution in [0.25, 0.3) is 0 Å². The summed E-state index contributed by atoms with van der Waals surface area (Å²) in [6.07, 6.45) is 10.6. The van der Waals surface area contributed by atoms with Crippen LogP contribution < -0.4 is 14.8 Å². The lowest BCUT2D eigenvalue weighted by atomic mass is 10.0. The lowest BCUT2D eigenvalue weighted by Crippen LogP contribution is -2.45. The highest BCUT2D eigenvalue weighted by molar-refractivity contribution is 5.94. The van der Waals surface area contributed by atoms with Crippen molar-refractivity contribution in [3.8, 4) is 11.5 Å². The third-order valence-electron chi connectivity index (χ3n) is 6.74. The number of ketones is 1. The van der Waals surface area contributed by atoms with Crippen molar-refractivity contribution in [1.82, 2.24) is 15.1 Å². The van der Waals surface area contributed by atoms with E-state index in [-0.39, 0.29) is 29.7 Å². The monoisotopic (exact) mass is 511 g/mol. The molecule has 37 heavy (non-hydrogen) atoms. The molecule has 0 radical (unpaired) electrons. The molecule has 2 aliphatic heterocycles. The maximum absolute atomic E-state index is 14.1. The molecule has 8 nitrogen and oxygen atoms in total. The van der Waals surface area contributed by atoms with Crippen LogP contribution in [0.4, 0.5) is 4.39 Å². The average molecular weight is 512 g/mol. The number of carbonyl (C=O) groups excluding carboxylic acids is 2. The molecule has 0 spiro atoms. The predicted octanol–water partition coefficient (Wildman–Crippen LogP) is 3.61. The first-order chi connectivity index (χ1) is 17.9. The van der Waals surface area contributed by atoms with Crippen molar-refractivity contribution >= 4 is 11.7 Å². The Bertz CT molecular complexity index is 1120. The van der Waals surface area contributed by atoms with Crippen molar-refractivity contribution in [2.45, 2.75) is 38.1 Å². The molecule has 1 aromatic carbocycles. The number of carbonyl (C=O) groups is 2. The molecule has 4 rings (SSSR count). The number of methoxy groups -OCH3 is 2. The zero-order chi connectivity index (χ0) is 26.2. The van der Waals surface area contributed by atoms with Gasteiger partial charge in [-0.2, -0.15) is 0 Å². The predicted molar refractivity (Wildman–Crippen MR) is 137 cm³/mol. The normalized spacial score (nSPS) is 18.5. The summed E-state index contributed by atoms with van der Waals surface area (Å²) >= 11 is 0. The van der Waals surface area contributed by atoms with Crippen LogP contribution in [-0.2, 0) is 20.7 Å². The van der Waals surface area contributed by atoms with Crippen molar-refractivity contribution in [2.24, 2.45) is 0 Å². The number of benzene rings is 1. The van der Waals surface area contributed by atoms with Crippen LogP contribution in [0.15, 0.2) is 66.2 Å². The Labute approximate surface area is 217 Å². The third-order valence-corrected chi connectivity index (χ3v) is 6.74. The van der Waals surface area contributed by atoms with E-state index in [1.165, 1.54) is 18.4 Å². The highest BCUT2D eigenvalue weighted by atomic mass is 19.1. The van der Waals surface area contributed by atoms with Crippen molar-refractivity contribution in [3.63, 3.8) is 0 Å². The number of rotatable bonds is 10. The van der Waals surface area contributed by atoms with Gasteiger partial charge in [0.05, 0.1) is 20.6 Å². The fourth-order valence-corrected chi connectivity index (χ4v) is 4.72. The van der Waals surface area contributed by atoms with Gasteiger partial charge in [-0.05, 0) is 55.7 Å². The number of ether oxygens (including phenoxy) is 3. The summed E-state index contributed by atoms with van der Waals surface area (Å²) in [5.41, 5.74) is 1.17. The van der Waals surface area contributed by atoms with Gasteiger partial charge < -0.3 is 29.3 Å². The smallest absolute Gasteiger partial charge is 0.224 e. The van der Waals surface area contributed by atoms with E-state index in [0.29, 0.717) is 23.7 Å². The van der Waals surface area contributed by atoms with Crippen LogP contribution in [0.2, 0.25) is 0 Å². The largest absolute Gasteiger partial charge is 0.493 e. The van der Waals surface area contributed by atoms with E-state index in [1.54, 1.807) is 20.4 Å². The number of nitrogens with zero attached hydrogens (tertiary/aromatic N) is 2. The molecule has 1 N–H and O–H groups in total. The van der Waals surface area contributed by atoms with Crippen molar-refractivity contribution in [3.05, 3.63) is 71.7 Å². The first-order valence-electron chi connectivity index (χ1n) is 12.6. The van der Waals surface area contributed by atoms with Gasteiger partial charge in [-0.1, -0.05) is 6.07 Å². The SMILES string of the molecule is COc1ccc(CC(=O)NC2CCN(CCCN3C=COC(C4=C(F)C=CC(=O)C4)=C3)CC2)cc1OC. The highest BCUT2D eigenvalue weighted by Crippen LogP contribution is 2.29. The molecule has 0 saturated carbocycles. The van der Waals surface area contributed by atoms with Crippen LogP contribution in [0.5, 0.6) is 11.5 Å². The molecule has 3 aliphatic rings. The second-order valence-corrected chi connectivity index (χ2v) is 9.34. The fourth-order valence-electron chi connectivity index (χ4n) is 4.72. The molecular weight excluding hydrogens is 477 g/mol. The van der Waals surface area contributed by atoms with E-state index in [0.717, 1.165) is 51.0 Å². The molecule has 0 bridgehead atoms. The summed E-state index contributed by atoms with van der Waals surface area (Å²) in [6, 6.07) is 5.70. The zero-order valence-corrected chi connectivity index (χ0v) is 21.4. The summed E-state index contributed by atoms with van der Waals surface area (Å²) in [6.45, 7) is 3.53. The van der Waals surface area contributed by atoms with Gasteiger partial charge in [-0.25, -0.2) is 4.39 Å². The number of likely N-dealkylation sites (tertiary alicyclic amines) is 1. The Morgan fingerprint density at radius 2 is 1.92 bits per heavy atom. The van der Waals surface area contributed by atoms with Gasteiger partial charge >= 0.3 is 0 Å². The maximum atomic E-state index is 14.1. The molecule has 1 aliphatic carbocycles. The van der Waals surface area contributed by atoms with E-state index in [9.17, 15) is 14.0 Å². The standard InChI is InChI=1S/C28H34FN3O5/c1-35-25-7-4-20(16-26(25)36-2)17-28(34)30-21-8-12-31(13-9-21)10-3-11-32-14-15-37-27(19-32)23-18-22(33)5-6-24(23)29/h4-7,14-16,19,21H,3,8-13,17-18H2,1-2H3,(H,30,34). The molecule has 9 heteroatoms. The van der Waals surface area contributed by atoms with Gasteiger partial charge in [0, 0.05) is 50.1 Å². The summed E-state index contributed by atoms with van der Waals surface area (Å²) in [5.74, 6) is 1.08. The first kappa shape index (κ1) is 26.5. The molecule has 198 valence electrons. The molecule has 1 fully saturated rings. The Kier molecular flexibility index (Phi) is 9.00. The van der Waals surface area contributed by atoms with Gasteiger partial charge in [0.1, 0.15) is 17.8 Å². The number of amides is 1. The molecule has 0 unspecified atom stereocenters. The number of halogens is 1. The van der Waals surface area contributed by atoms with Crippen LogP contribution in [-0.4, -0.2) is 67.9 Å². The number of nitrogens with one attached hydrogen (secondary N) is 1. The lowest BCUT2D eigenvalue weighted by Gasteiger charge is -2.33. The van der Waals surface area contributed by atoms with Gasteiger partial charge in [0.25, 0.3) is 0 Å². The van der Waals surface area contributed by atoms with Crippen LogP contribution in [0, 0.1) is 0 Å². The Morgan fingerprint density at radius 3 is 2.68 bits per heavy atom. The molecule has 1 saturated heterocycles. The zero-order valence-electron chi connectivity index (χ0n) is 21.4. The van der Waals surface area contributed by atoms with Gasteiger partial charge in [-0.15, -0.1) is 0 Å². The highest BCUT2D eigenvalue weighted by Gasteiger charge is 2.23. The Hall–Kier alpha value is -3.59. The van der Waals surface area contributed by atoms with E-state index in [2.05, 4.69) is 10.2 Å². The Balaban J connectivity index is 1.17. The summed E-state index contributed by atoms with van der Waals surface area (Å²) < 4.78 is 30.2. The van der Waals surface area contributed by atoms with Crippen LogP contribution >= 0.6 is 0 Å². The number of piperidine rings is 1. The molecule has 2 heterocycles. The summed E-state index contributed by atoms with van der Waals surface area (Å²) in [7, 11) is 3.17. The van der Waals surface area contributed by atoms with Crippen LogP contribution in [0.3, 0.4) is 0 Å². The number of hydrogen-bond acceptors (Lipinski definition) is 7. The molecule has 1 aromatic rings. The molecule has 0 atom stereocenters. The molecule has 0 aromatic heterocycles. The maximum Gasteiger partial charge on any atom is 0.224 e. The average Bonchev–Trinajstić information content (AvgIpc) is 2.91. The minimum atomic E-state index is -0.431. The molecular formula is C28H34FN3O5. The quantitative estimate of drug-likeness (QED) is 0.514. The van der Waals surface area contributed by atoms with Crippen molar-refractivity contribution < 1.29 is 28.2 Å². The number of hydrogen-bond donors (Lipinski definition) is 1. The van der Waals surface area contributed by atoms with E-state index in [1.807, 2.05) is 29.3 Å². The van der Waals surface area contributed by atoms with Crippen molar-refractivity contribution in [2.75, 3.05) is 40.4 Å². The second-order valence-electron chi connectivity index (χ2n) is 9.34. The van der Waals surface area contributed by atoms with Gasteiger partial charge in [0.15, 0.2) is 17.3 Å². The van der Waals surface area contributed by atoms with Crippen LogP contribution in [0.1, 0.15) is 31.2 Å². The molecule has 1 amide bonds. The van der Waals surface area contributed by atoms with E-state index in [4.69, 9.17) is 14.2 Å². The van der Waals surface area contributed by atoms with Crippen molar-refractivity contribution in [1.29, 1.82) is 0 Å². The lowest BCUT2D eigenvalue weighted by molar-refractivity contribution is -0.121. The van der Waals surface area contributed by atoms with E-state index < -0.39 is 5.83 Å². The minimum absolute atomic E-state index is 0.00840. The third kappa shape index (κ3) is 7.22.